The summed E-state index contributed by atoms with van der Waals surface area (Å²) in [6.07, 6.45) is -1.33. The Kier molecular flexibility index (Phi) is 8.86. The van der Waals surface area contributed by atoms with Crippen LogP contribution in [0.15, 0.2) is 48.5 Å². The molecule has 0 aliphatic carbocycles. The van der Waals surface area contributed by atoms with Gasteiger partial charge in [0.15, 0.2) is 0 Å². The molecule has 2 atom stereocenters. The van der Waals surface area contributed by atoms with Crippen LogP contribution >= 0.6 is 0 Å². The van der Waals surface area contributed by atoms with Crippen LogP contribution in [0.3, 0.4) is 0 Å². The van der Waals surface area contributed by atoms with Crippen molar-refractivity contribution in [2.45, 2.75) is 12.2 Å². The Bertz CT molecular complexity index is 585. The minimum atomic E-state index is -0.665. The molecule has 0 bridgehead atoms. The predicted octanol–water partition coefficient (Wildman–Crippen LogP) is 2.25. The molecule has 2 N–H and O–H groups in total. The Hall–Kier alpha value is -2.32. The van der Waals surface area contributed by atoms with Crippen LogP contribution in [0.2, 0.25) is 0 Å². The summed E-state index contributed by atoms with van der Waals surface area (Å²) in [5.74, 6) is 2.58. The zero-order chi connectivity index (χ0) is 19.5. The summed E-state index contributed by atoms with van der Waals surface area (Å²) in [5.41, 5.74) is 0. The van der Waals surface area contributed by atoms with Crippen LogP contribution in [0, 0.1) is 0 Å². The molecule has 0 fully saturated rings. The maximum atomic E-state index is 9.57. The number of hydrogen-bond donors (Lipinski definition) is 2. The number of aliphatic hydroxyl groups is 2. The van der Waals surface area contributed by atoms with E-state index in [0.717, 1.165) is 0 Å². The van der Waals surface area contributed by atoms with Crippen LogP contribution < -0.4 is 14.2 Å². The molecule has 27 heavy (non-hydrogen) atoms. The van der Waals surface area contributed by atoms with Crippen LogP contribution in [0.1, 0.15) is 0 Å². The quantitative estimate of drug-likeness (QED) is 0.586. The predicted molar refractivity (Wildman–Crippen MR) is 99.7 cm³/mol. The summed E-state index contributed by atoms with van der Waals surface area (Å²) in [6, 6.07) is 14.2. The van der Waals surface area contributed by atoms with Crippen LogP contribution in [0.25, 0.3) is 0 Å². The molecule has 2 rings (SSSR count). The van der Waals surface area contributed by atoms with E-state index in [1.807, 2.05) is 0 Å². The molecule has 7 heteroatoms. The van der Waals surface area contributed by atoms with E-state index in [-0.39, 0.29) is 26.4 Å². The Labute approximate surface area is 159 Å². The standard InChI is InChI=1S/C20H26O7/c1-23-11-15(21)13-25-17-3-7-19(8-4-17)27-20-9-5-18(6-10-20)26-14-16(22)12-24-2/h3-10,15-16,21-22H,11-14H2,1-2H3. The molecule has 0 saturated heterocycles. The highest BCUT2D eigenvalue weighted by Crippen LogP contribution is 2.25. The fourth-order valence-corrected chi connectivity index (χ4v) is 2.21. The van der Waals surface area contributed by atoms with Crippen LogP contribution in [-0.2, 0) is 9.47 Å². The minimum absolute atomic E-state index is 0.161. The van der Waals surface area contributed by atoms with Gasteiger partial charge in [0.25, 0.3) is 0 Å². The van der Waals surface area contributed by atoms with Crippen LogP contribution in [0.5, 0.6) is 23.0 Å². The van der Waals surface area contributed by atoms with Gasteiger partial charge in [-0.3, -0.25) is 0 Å². The second-order valence-corrected chi connectivity index (χ2v) is 5.89. The Morgan fingerprint density at radius 3 is 1.26 bits per heavy atom. The first-order valence-corrected chi connectivity index (χ1v) is 8.58. The van der Waals surface area contributed by atoms with Gasteiger partial charge in [0.1, 0.15) is 48.4 Å². The summed E-state index contributed by atoms with van der Waals surface area (Å²) in [4.78, 5) is 0. The van der Waals surface area contributed by atoms with Gasteiger partial charge in [0, 0.05) is 14.2 Å². The first-order valence-electron chi connectivity index (χ1n) is 8.58. The van der Waals surface area contributed by atoms with Crippen molar-refractivity contribution >= 4 is 0 Å². The van der Waals surface area contributed by atoms with Gasteiger partial charge in [0.2, 0.25) is 0 Å². The molecule has 2 aromatic carbocycles. The Morgan fingerprint density at radius 1 is 0.593 bits per heavy atom. The zero-order valence-corrected chi connectivity index (χ0v) is 15.5. The summed E-state index contributed by atoms with van der Waals surface area (Å²) in [5, 5.41) is 19.1. The van der Waals surface area contributed by atoms with Crippen molar-refractivity contribution in [2.75, 3.05) is 40.6 Å². The zero-order valence-electron chi connectivity index (χ0n) is 15.5. The number of rotatable bonds is 12. The van der Waals surface area contributed by atoms with Crippen molar-refractivity contribution in [3.8, 4) is 23.0 Å². The summed E-state index contributed by atoms with van der Waals surface area (Å²) < 4.78 is 26.4. The monoisotopic (exact) mass is 378 g/mol. The largest absolute Gasteiger partial charge is 0.491 e. The second kappa shape index (κ2) is 11.4. The average Bonchev–Trinajstić information content (AvgIpc) is 2.67. The van der Waals surface area contributed by atoms with Gasteiger partial charge < -0.3 is 33.9 Å². The van der Waals surface area contributed by atoms with E-state index in [1.54, 1.807) is 48.5 Å². The van der Waals surface area contributed by atoms with E-state index >= 15 is 0 Å². The van der Waals surface area contributed by atoms with Gasteiger partial charge in [-0.05, 0) is 48.5 Å². The minimum Gasteiger partial charge on any atom is -0.491 e. The van der Waals surface area contributed by atoms with Crippen molar-refractivity contribution in [1.29, 1.82) is 0 Å². The van der Waals surface area contributed by atoms with Crippen molar-refractivity contribution in [3.05, 3.63) is 48.5 Å². The van der Waals surface area contributed by atoms with E-state index in [2.05, 4.69) is 0 Å². The van der Waals surface area contributed by atoms with Crippen molar-refractivity contribution < 1.29 is 33.9 Å². The topological polar surface area (TPSA) is 86.6 Å². The van der Waals surface area contributed by atoms with E-state index in [0.29, 0.717) is 23.0 Å². The number of hydrogen-bond acceptors (Lipinski definition) is 7. The first kappa shape index (κ1) is 21.0. The highest BCUT2D eigenvalue weighted by Gasteiger charge is 2.06. The molecule has 0 aliphatic heterocycles. The average molecular weight is 378 g/mol. The van der Waals surface area contributed by atoms with Crippen molar-refractivity contribution in [1.82, 2.24) is 0 Å². The van der Waals surface area contributed by atoms with Gasteiger partial charge in [-0.25, -0.2) is 0 Å². The summed E-state index contributed by atoms with van der Waals surface area (Å²) in [6.45, 7) is 0.779. The van der Waals surface area contributed by atoms with Gasteiger partial charge >= 0.3 is 0 Å². The number of ether oxygens (including phenoxy) is 5. The maximum absolute atomic E-state index is 9.57. The fourth-order valence-electron chi connectivity index (χ4n) is 2.21. The van der Waals surface area contributed by atoms with Gasteiger partial charge in [-0.2, -0.15) is 0 Å². The molecule has 7 nitrogen and oxygen atoms in total. The molecule has 0 heterocycles. The lowest BCUT2D eigenvalue weighted by molar-refractivity contribution is 0.0325. The fraction of sp³-hybridized carbons (Fsp3) is 0.400. The van der Waals surface area contributed by atoms with Gasteiger partial charge in [-0.1, -0.05) is 0 Å². The number of methoxy groups -OCH3 is 2. The lowest BCUT2D eigenvalue weighted by Crippen LogP contribution is -2.22. The van der Waals surface area contributed by atoms with E-state index in [1.165, 1.54) is 14.2 Å². The SMILES string of the molecule is COCC(O)COc1ccc(Oc2ccc(OCC(O)COC)cc2)cc1. The molecule has 2 unspecified atom stereocenters. The van der Waals surface area contributed by atoms with Crippen LogP contribution in [0.4, 0.5) is 0 Å². The molecule has 0 radical (unpaired) electrons. The molecule has 0 spiro atoms. The normalized spacial score (nSPS) is 13.0. The third-order valence-corrected chi connectivity index (χ3v) is 3.49. The number of benzene rings is 2. The van der Waals surface area contributed by atoms with Crippen molar-refractivity contribution in [2.24, 2.45) is 0 Å². The second-order valence-electron chi connectivity index (χ2n) is 5.89. The highest BCUT2D eigenvalue weighted by atomic mass is 16.5. The molecular weight excluding hydrogens is 352 g/mol. The van der Waals surface area contributed by atoms with E-state index < -0.39 is 12.2 Å². The van der Waals surface area contributed by atoms with Gasteiger partial charge in [0.05, 0.1) is 13.2 Å². The highest BCUT2D eigenvalue weighted by molar-refractivity contribution is 5.37. The molecule has 2 aromatic rings. The summed E-state index contributed by atoms with van der Waals surface area (Å²) in [7, 11) is 3.05. The number of aliphatic hydroxyl groups excluding tert-OH is 2. The Balaban J connectivity index is 1.80. The molecule has 0 aliphatic rings. The molecule has 148 valence electrons. The van der Waals surface area contributed by atoms with Gasteiger partial charge in [-0.15, -0.1) is 0 Å². The third-order valence-electron chi connectivity index (χ3n) is 3.49. The van der Waals surface area contributed by atoms with Crippen molar-refractivity contribution in [3.63, 3.8) is 0 Å². The smallest absolute Gasteiger partial charge is 0.127 e. The molecule has 0 aromatic heterocycles. The molecule has 0 amide bonds. The lowest BCUT2D eigenvalue weighted by atomic mass is 10.3. The molecule has 0 saturated carbocycles. The lowest BCUT2D eigenvalue weighted by Gasteiger charge is -2.13. The summed E-state index contributed by atoms with van der Waals surface area (Å²) >= 11 is 0. The first-order chi connectivity index (χ1) is 13.1. The van der Waals surface area contributed by atoms with E-state index in [9.17, 15) is 10.2 Å². The Morgan fingerprint density at radius 2 is 0.926 bits per heavy atom. The van der Waals surface area contributed by atoms with Crippen LogP contribution in [-0.4, -0.2) is 63.1 Å². The molecular formula is C20H26O7. The maximum Gasteiger partial charge on any atom is 0.127 e. The van der Waals surface area contributed by atoms with E-state index in [4.69, 9.17) is 23.7 Å². The third kappa shape index (κ3) is 7.84.